The second-order valence-corrected chi connectivity index (χ2v) is 6.39. The van der Waals surface area contributed by atoms with E-state index >= 15 is 0 Å². The van der Waals surface area contributed by atoms with Gasteiger partial charge in [-0.2, -0.15) is 0 Å². The van der Waals surface area contributed by atoms with Crippen molar-refractivity contribution in [3.05, 3.63) is 41.1 Å². The summed E-state index contributed by atoms with van der Waals surface area (Å²) in [5.41, 5.74) is 5.98. The fourth-order valence-electron chi connectivity index (χ4n) is 2.81. The number of thioether (sulfide) groups is 1. The second kappa shape index (κ2) is 5.71. The topological polar surface area (TPSA) is 121 Å². The van der Waals surface area contributed by atoms with Crippen molar-refractivity contribution in [3.63, 3.8) is 0 Å². The van der Waals surface area contributed by atoms with Crippen LogP contribution in [0.5, 0.6) is 0 Å². The highest BCUT2D eigenvalue weighted by Gasteiger charge is 2.55. The molecule has 120 valence electrons. The predicted octanol–water partition coefficient (Wildman–Crippen LogP) is 0.452. The molecule has 1 fully saturated rings. The Morgan fingerprint density at radius 1 is 1.35 bits per heavy atom. The Morgan fingerprint density at radius 2 is 2.09 bits per heavy atom. The molecule has 2 heterocycles. The third-order valence-corrected chi connectivity index (χ3v) is 5.35. The standard InChI is InChI=1S/C15H14N2O5S/c16-12(19)8-3-1-2-7(6-8)11-10(15(21)22)17-13(20)9(4-5-18)14(17)23-11/h1-3,6,9,14,18H,4-5H2,(H2,16,19)(H,21,22)/t9-,14+/m0/s1. The molecular formula is C15H14N2O5S. The number of nitrogens with zero attached hydrogens (tertiary/aromatic N) is 1. The summed E-state index contributed by atoms with van der Waals surface area (Å²) < 4.78 is 0. The van der Waals surface area contributed by atoms with Crippen molar-refractivity contribution in [2.45, 2.75) is 11.8 Å². The molecule has 8 heteroatoms. The van der Waals surface area contributed by atoms with Crippen molar-refractivity contribution in [1.82, 2.24) is 4.90 Å². The van der Waals surface area contributed by atoms with Gasteiger partial charge in [0.25, 0.3) is 0 Å². The average Bonchev–Trinajstić information content (AvgIpc) is 2.89. The van der Waals surface area contributed by atoms with Crippen molar-refractivity contribution >= 4 is 34.5 Å². The van der Waals surface area contributed by atoms with Crippen LogP contribution in [-0.4, -0.2) is 44.9 Å². The quantitative estimate of drug-likeness (QED) is 0.672. The SMILES string of the molecule is NC(=O)c1cccc(C2=C(C(=O)O)N3C(=O)[C@H](CCO)[C@H]3S2)c1. The molecule has 0 aromatic heterocycles. The van der Waals surface area contributed by atoms with E-state index in [9.17, 15) is 19.5 Å². The van der Waals surface area contributed by atoms with E-state index in [1.54, 1.807) is 18.2 Å². The summed E-state index contributed by atoms with van der Waals surface area (Å²) in [5, 5.41) is 18.2. The van der Waals surface area contributed by atoms with Gasteiger partial charge < -0.3 is 15.9 Å². The molecule has 0 aliphatic carbocycles. The number of aliphatic hydroxyl groups excluding tert-OH is 1. The fraction of sp³-hybridized carbons (Fsp3) is 0.267. The Balaban J connectivity index is 2.02. The van der Waals surface area contributed by atoms with Gasteiger partial charge in [0.05, 0.1) is 11.3 Å². The van der Waals surface area contributed by atoms with Gasteiger partial charge in [-0.15, -0.1) is 0 Å². The number of carbonyl (C=O) groups excluding carboxylic acids is 2. The zero-order chi connectivity index (χ0) is 16.7. The van der Waals surface area contributed by atoms with Crippen LogP contribution in [0.3, 0.4) is 0 Å². The van der Waals surface area contributed by atoms with E-state index in [0.717, 1.165) is 0 Å². The first-order chi connectivity index (χ1) is 11.0. The Hall–Kier alpha value is -2.32. The first-order valence-electron chi connectivity index (χ1n) is 6.94. The number of rotatable bonds is 5. The number of β-lactam (4-membered cyclic amide) rings is 1. The lowest BCUT2D eigenvalue weighted by atomic mass is 9.94. The number of aliphatic hydroxyl groups is 1. The molecule has 0 saturated carbocycles. The Labute approximate surface area is 135 Å². The number of fused-ring (bicyclic) bond motifs is 1. The molecule has 4 N–H and O–H groups in total. The Kier molecular flexibility index (Phi) is 3.87. The van der Waals surface area contributed by atoms with Gasteiger partial charge in [-0.1, -0.05) is 23.9 Å². The van der Waals surface area contributed by atoms with Gasteiger partial charge in [0.2, 0.25) is 11.8 Å². The van der Waals surface area contributed by atoms with Crippen LogP contribution in [0.2, 0.25) is 0 Å². The minimum absolute atomic E-state index is 0.0826. The largest absolute Gasteiger partial charge is 0.477 e. The maximum absolute atomic E-state index is 12.1. The Morgan fingerprint density at radius 3 is 2.70 bits per heavy atom. The zero-order valence-electron chi connectivity index (χ0n) is 11.9. The first kappa shape index (κ1) is 15.6. The summed E-state index contributed by atoms with van der Waals surface area (Å²) in [5.74, 6) is -2.49. The van der Waals surface area contributed by atoms with E-state index in [-0.39, 0.29) is 29.1 Å². The normalized spacial score (nSPS) is 22.8. The van der Waals surface area contributed by atoms with Crippen molar-refractivity contribution < 1.29 is 24.6 Å². The maximum Gasteiger partial charge on any atom is 0.353 e. The number of carboxylic acid groups (broad SMARTS) is 1. The number of carbonyl (C=O) groups is 3. The lowest BCUT2D eigenvalue weighted by molar-refractivity contribution is -0.152. The van der Waals surface area contributed by atoms with E-state index in [1.165, 1.54) is 22.7 Å². The number of primary amides is 1. The zero-order valence-corrected chi connectivity index (χ0v) is 12.7. The number of benzene rings is 1. The molecule has 1 saturated heterocycles. The van der Waals surface area contributed by atoms with E-state index in [2.05, 4.69) is 0 Å². The summed E-state index contributed by atoms with van der Waals surface area (Å²) in [6, 6.07) is 6.35. The molecule has 2 amide bonds. The van der Waals surface area contributed by atoms with E-state index < -0.39 is 17.8 Å². The van der Waals surface area contributed by atoms with Gasteiger partial charge in [-0.3, -0.25) is 14.5 Å². The summed E-state index contributed by atoms with van der Waals surface area (Å²) in [6.07, 6.45) is 0.300. The van der Waals surface area contributed by atoms with Crippen LogP contribution in [0.15, 0.2) is 30.0 Å². The van der Waals surface area contributed by atoms with E-state index in [4.69, 9.17) is 10.8 Å². The number of hydrogen-bond donors (Lipinski definition) is 3. The van der Waals surface area contributed by atoms with Crippen LogP contribution in [-0.2, 0) is 9.59 Å². The van der Waals surface area contributed by atoms with Gasteiger partial charge in [0.15, 0.2) is 0 Å². The molecule has 3 rings (SSSR count). The minimum atomic E-state index is -1.20. The molecule has 0 radical (unpaired) electrons. The number of aliphatic carboxylic acids is 1. The van der Waals surface area contributed by atoms with Gasteiger partial charge >= 0.3 is 5.97 Å². The number of amides is 2. The fourth-order valence-corrected chi connectivity index (χ4v) is 4.34. The lowest BCUT2D eigenvalue weighted by Crippen LogP contribution is -2.57. The van der Waals surface area contributed by atoms with Crippen molar-refractivity contribution in [2.24, 2.45) is 11.7 Å². The van der Waals surface area contributed by atoms with Crippen molar-refractivity contribution in [3.8, 4) is 0 Å². The molecule has 23 heavy (non-hydrogen) atoms. The van der Waals surface area contributed by atoms with E-state index in [1.807, 2.05) is 0 Å². The van der Waals surface area contributed by atoms with Crippen LogP contribution < -0.4 is 5.73 Å². The molecule has 1 aromatic carbocycles. The van der Waals surface area contributed by atoms with Crippen LogP contribution in [0.25, 0.3) is 4.91 Å². The van der Waals surface area contributed by atoms with Gasteiger partial charge in [0.1, 0.15) is 5.70 Å². The van der Waals surface area contributed by atoms with E-state index in [0.29, 0.717) is 16.9 Å². The molecule has 0 bridgehead atoms. The van der Waals surface area contributed by atoms with Crippen molar-refractivity contribution in [2.75, 3.05) is 6.61 Å². The molecule has 7 nitrogen and oxygen atoms in total. The molecule has 2 aliphatic rings. The minimum Gasteiger partial charge on any atom is -0.477 e. The van der Waals surface area contributed by atoms with Crippen LogP contribution in [0, 0.1) is 5.92 Å². The average molecular weight is 334 g/mol. The molecule has 1 aromatic rings. The monoisotopic (exact) mass is 334 g/mol. The van der Waals surface area contributed by atoms with Gasteiger partial charge in [-0.25, -0.2) is 4.79 Å². The molecule has 0 unspecified atom stereocenters. The number of nitrogens with two attached hydrogens (primary N) is 1. The number of hydrogen-bond acceptors (Lipinski definition) is 5. The van der Waals surface area contributed by atoms with Gasteiger partial charge in [0, 0.05) is 17.1 Å². The first-order valence-corrected chi connectivity index (χ1v) is 7.82. The molecular weight excluding hydrogens is 320 g/mol. The second-order valence-electron chi connectivity index (χ2n) is 5.26. The molecule has 2 aliphatic heterocycles. The summed E-state index contributed by atoms with van der Waals surface area (Å²) in [7, 11) is 0. The maximum atomic E-state index is 12.1. The third-order valence-electron chi connectivity index (χ3n) is 3.90. The molecule has 2 atom stereocenters. The summed E-state index contributed by atoms with van der Waals surface area (Å²) in [4.78, 5) is 36.7. The van der Waals surface area contributed by atoms with Crippen LogP contribution >= 0.6 is 11.8 Å². The lowest BCUT2D eigenvalue weighted by Gasteiger charge is -2.42. The molecule has 0 spiro atoms. The predicted molar refractivity (Wildman–Crippen MR) is 82.9 cm³/mol. The Bertz CT molecular complexity index is 745. The van der Waals surface area contributed by atoms with Crippen LogP contribution in [0.1, 0.15) is 22.3 Å². The van der Waals surface area contributed by atoms with Crippen molar-refractivity contribution in [1.29, 1.82) is 0 Å². The number of carboxylic acids is 1. The van der Waals surface area contributed by atoms with Gasteiger partial charge in [-0.05, 0) is 24.1 Å². The smallest absolute Gasteiger partial charge is 0.353 e. The highest BCUT2D eigenvalue weighted by Crippen LogP contribution is 2.53. The third kappa shape index (κ3) is 2.40. The highest BCUT2D eigenvalue weighted by atomic mass is 32.2. The summed E-state index contributed by atoms with van der Waals surface area (Å²) in [6.45, 7) is -0.129. The highest BCUT2D eigenvalue weighted by molar-refractivity contribution is 8.09. The summed E-state index contributed by atoms with van der Waals surface area (Å²) >= 11 is 1.26. The van der Waals surface area contributed by atoms with Crippen LogP contribution in [0.4, 0.5) is 0 Å².